The summed E-state index contributed by atoms with van der Waals surface area (Å²) >= 11 is 0. The van der Waals surface area contributed by atoms with Gasteiger partial charge in [0.25, 0.3) is 0 Å². The van der Waals surface area contributed by atoms with Crippen LogP contribution in [-0.4, -0.2) is 30.8 Å². The third-order valence-corrected chi connectivity index (χ3v) is 5.74. The van der Waals surface area contributed by atoms with E-state index < -0.39 is 16.1 Å². The third kappa shape index (κ3) is 5.65. The molecule has 2 aromatic carbocycles. The number of hydrogen-bond acceptors (Lipinski definition) is 4. The number of nitrogens with zero attached hydrogens (tertiary/aromatic N) is 2. The average molecular weight is 431 g/mol. The first-order chi connectivity index (χ1) is 14.4. The van der Waals surface area contributed by atoms with Crippen LogP contribution in [0.3, 0.4) is 0 Å². The van der Waals surface area contributed by atoms with Crippen molar-refractivity contribution in [1.29, 1.82) is 0 Å². The fraction of sp³-hybridized carbons (Fsp3) is 0.200. The van der Waals surface area contributed by atoms with Crippen LogP contribution in [0.1, 0.15) is 18.1 Å². The van der Waals surface area contributed by atoms with Crippen LogP contribution in [0.4, 0.5) is 15.0 Å². The summed E-state index contributed by atoms with van der Waals surface area (Å²) in [6.45, 7) is 2.51. The molecule has 0 bridgehead atoms. The van der Waals surface area contributed by atoms with Gasteiger partial charge in [-0.25, -0.2) is 27.0 Å². The summed E-state index contributed by atoms with van der Waals surface area (Å²) in [7, 11) is -3.56. The quantitative estimate of drug-likeness (QED) is 0.510. The maximum atomic E-state index is 13.0. The van der Waals surface area contributed by atoms with E-state index in [2.05, 4.69) is 20.5 Å². The number of aromatic nitrogens is 2. The molecule has 3 N–H and O–H groups in total. The highest BCUT2D eigenvalue weighted by atomic mass is 32.2. The van der Waals surface area contributed by atoms with E-state index in [1.807, 2.05) is 0 Å². The fourth-order valence-corrected chi connectivity index (χ4v) is 3.88. The molecule has 0 aliphatic carbocycles. The Balaban J connectivity index is 1.60. The second-order valence-electron chi connectivity index (χ2n) is 6.46. The van der Waals surface area contributed by atoms with E-state index in [0.717, 1.165) is 5.56 Å². The average Bonchev–Trinajstić information content (AvgIpc) is 3.15. The fourth-order valence-electron chi connectivity index (χ4n) is 2.77. The molecule has 1 aromatic heterocycles. The molecule has 8 nitrogen and oxygen atoms in total. The van der Waals surface area contributed by atoms with Gasteiger partial charge in [0.2, 0.25) is 10.0 Å². The van der Waals surface area contributed by atoms with E-state index in [1.165, 1.54) is 24.3 Å². The van der Waals surface area contributed by atoms with Crippen LogP contribution in [0.15, 0.2) is 65.7 Å². The molecule has 2 amide bonds. The lowest BCUT2D eigenvalue weighted by molar-refractivity contribution is 0.251. The molecular formula is C20H22FN5O3S. The molecule has 1 heterocycles. The number of hydrogen-bond donors (Lipinski definition) is 3. The number of nitrogens with one attached hydrogen (secondary N) is 3. The van der Waals surface area contributed by atoms with Crippen molar-refractivity contribution < 1.29 is 17.6 Å². The van der Waals surface area contributed by atoms with Gasteiger partial charge in [-0.3, -0.25) is 5.32 Å². The first-order valence-corrected chi connectivity index (χ1v) is 10.8. The topological polar surface area (TPSA) is 105 Å². The van der Waals surface area contributed by atoms with Crippen molar-refractivity contribution in [1.82, 2.24) is 19.8 Å². The van der Waals surface area contributed by atoms with E-state index in [0.29, 0.717) is 24.5 Å². The van der Waals surface area contributed by atoms with Crippen LogP contribution in [0.5, 0.6) is 0 Å². The Kier molecular flexibility index (Phi) is 6.80. The SMILES string of the molecule is CCNS(=O)(=O)c1cccc(CNC(=O)Nc2ccnn2Cc2ccc(F)cc2)c1. The van der Waals surface area contributed by atoms with Crippen molar-refractivity contribution in [2.45, 2.75) is 24.9 Å². The van der Waals surface area contributed by atoms with Crippen LogP contribution >= 0.6 is 0 Å². The van der Waals surface area contributed by atoms with Crippen LogP contribution < -0.4 is 15.4 Å². The highest BCUT2D eigenvalue weighted by molar-refractivity contribution is 7.89. The summed E-state index contributed by atoms with van der Waals surface area (Å²) in [4.78, 5) is 12.4. The highest BCUT2D eigenvalue weighted by Gasteiger charge is 2.13. The van der Waals surface area contributed by atoms with Crippen LogP contribution in [-0.2, 0) is 23.1 Å². The monoisotopic (exact) mass is 431 g/mol. The van der Waals surface area contributed by atoms with Gasteiger partial charge in [-0.15, -0.1) is 0 Å². The van der Waals surface area contributed by atoms with Gasteiger partial charge in [0.15, 0.2) is 0 Å². The molecule has 0 saturated heterocycles. The van der Waals surface area contributed by atoms with Crippen molar-refractivity contribution in [2.24, 2.45) is 0 Å². The molecule has 158 valence electrons. The molecule has 0 fully saturated rings. The number of amides is 2. The van der Waals surface area contributed by atoms with E-state index in [-0.39, 0.29) is 17.3 Å². The summed E-state index contributed by atoms with van der Waals surface area (Å²) in [6, 6.07) is 13.6. The summed E-state index contributed by atoms with van der Waals surface area (Å²) in [5.74, 6) is 0.152. The number of sulfonamides is 1. The Morgan fingerprint density at radius 1 is 1.10 bits per heavy atom. The Hall–Kier alpha value is -3.24. The van der Waals surface area contributed by atoms with Crippen molar-refractivity contribution in [2.75, 3.05) is 11.9 Å². The standard InChI is InChI=1S/C20H22FN5O3S/c1-2-24-30(28,29)18-5-3-4-16(12-18)13-22-20(27)25-19-10-11-23-26(19)14-15-6-8-17(21)9-7-15/h3-12,24H,2,13-14H2,1H3,(H2,22,25,27). The van der Waals surface area contributed by atoms with Crippen LogP contribution in [0.2, 0.25) is 0 Å². The Morgan fingerprint density at radius 3 is 2.60 bits per heavy atom. The van der Waals surface area contributed by atoms with E-state index in [4.69, 9.17) is 0 Å². The van der Waals surface area contributed by atoms with Crippen molar-refractivity contribution in [3.05, 3.63) is 77.7 Å². The van der Waals surface area contributed by atoms with Crippen molar-refractivity contribution in [3.63, 3.8) is 0 Å². The maximum absolute atomic E-state index is 13.0. The van der Waals surface area contributed by atoms with Crippen molar-refractivity contribution >= 4 is 21.9 Å². The lowest BCUT2D eigenvalue weighted by atomic mass is 10.2. The molecule has 30 heavy (non-hydrogen) atoms. The van der Waals surface area contributed by atoms with Gasteiger partial charge in [-0.05, 0) is 35.4 Å². The molecule has 0 unspecified atom stereocenters. The zero-order chi connectivity index (χ0) is 21.6. The van der Waals surface area contributed by atoms with Gasteiger partial charge < -0.3 is 5.32 Å². The van der Waals surface area contributed by atoms with Gasteiger partial charge >= 0.3 is 6.03 Å². The molecule has 0 aliphatic heterocycles. The first kappa shape index (κ1) is 21.5. The molecule has 0 saturated carbocycles. The Morgan fingerprint density at radius 2 is 1.87 bits per heavy atom. The number of benzene rings is 2. The number of halogens is 1. The number of rotatable bonds is 8. The molecule has 0 radical (unpaired) electrons. The largest absolute Gasteiger partial charge is 0.334 e. The summed E-state index contributed by atoms with van der Waals surface area (Å²) < 4.78 is 41.3. The molecule has 0 spiro atoms. The molecular weight excluding hydrogens is 409 g/mol. The number of urea groups is 1. The minimum Gasteiger partial charge on any atom is -0.334 e. The number of carbonyl (C=O) groups is 1. The van der Waals surface area contributed by atoms with Gasteiger partial charge in [0.1, 0.15) is 11.6 Å². The minimum atomic E-state index is -3.56. The van der Waals surface area contributed by atoms with E-state index >= 15 is 0 Å². The lowest BCUT2D eigenvalue weighted by Crippen LogP contribution is -2.29. The summed E-state index contributed by atoms with van der Waals surface area (Å²) in [5.41, 5.74) is 1.48. The number of anilines is 1. The van der Waals surface area contributed by atoms with Crippen LogP contribution in [0.25, 0.3) is 0 Å². The highest BCUT2D eigenvalue weighted by Crippen LogP contribution is 2.13. The summed E-state index contributed by atoms with van der Waals surface area (Å²) in [6.07, 6.45) is 1.55. The molecule has 3 aromatic rings. The molecule has 3 rings (SSSR count). The van der Waals surface area contributed by atoms with E-state index in [1.54, 1.807) is 48.1 Å². The number of carbonyl (C=O) groups excluding carboxylic acids is 1. The smallest absolute Gasteiger partial charge is 0.320 e. The van der Waals surface area contributed by atoms with Gasteiger partial charge in [-0.2, -0.15) is 5.10 Å². The minimum absolute atomic E-state index is 0.140. The molecule has 10 heteroatoms. The van der Waals surface area contributed by atoms with Gasteiger partial charge in [-0.1, -0.05) is 31.2 Å². The third-order valence-electron chi connectivity index (χ3n) is 4.20. The van der Waals surface area contributed by atoms with Gasteiger partial charge in [0, 0.05) is 19.2 Å². The zero-order valence-electron chi connectivity index (χ0n) is 16.3. The zero-order valence-corrected chi connectivity index (χ0v) is 17.1. The normalized spacial score (nSPS) is 11.3. The first-order valence-electron chi connectivity index (χ1n) is 9.27. The second-order valence-corrected chi connectivity index (χ2v) is 8.22. The lowest BCUT2D eigenvalue weighted by Gasteiger charge is -2.11. The second kappa shape index (κ2) is 9.51. The summed E-state index contributed by atoms with van der Waals surface area (Å²) in [5, 5.41) is 9.56. The van der Waals surface area contributed by atoms with Crippen molar-refractivity contribution in [3.8, 4) is 0 Å². The van der Waals surface area contributed by atoms with Gasteiger partial charge in [0.05, 0.1) is 17.6 Å². The Bertz CT molecular complexity index is 1110. The predicted octanol–water partition coefficient (Wildman–Crippen LogP) is 2.69. The molecule has 0 atom stereocenters. The van der Waals surface area contributed by atoms with Crippen LogP contribution in [0, 0.1) is 5.82 Å². The Labute approximate surface area is 174 Å². The predicted molar refractivity (Wildman–Crippen MR) is 111 cm³/mol. The molecule has 0 aliphatic rings. The van der Waals surface area contributed by atoms with E-state index in [9.17, 15) is 17.6 Å². The maximum Gasteiger partial charge on any atom is 0.320 e.